The van der Waals surface area contributed by atoms with Gasteiger partial charge in [-0.25, -0.2) is 18.7 Å². The van der Waals surface area contributed by atoms with Crippen LogP contribution in [0.2, 0.25) is 5.02 Å². The summed E-state index contributed by atoms with van der Waals surface area (Å²) < 4.78 is 40.4. The molecule has 0 fully saturated rings. The Bertz CT molecular complexity index is 1410. The summed E-state index contributed by atoms with van der Waals surface area (Å²) in [5.74, 6) is -1.72. The van der Waals surface area contributed by atoms with E-state index in [9.17, 15) is 4.79 Å². The maximum atomic E-state index is 15.1. The van der Waals surface area contributed by atoms with E-state index in [0.29, 0.717) is 35.0 Å². The van der Waals surface area contributed by atoms with Crippen molar-refractivity contribution in [3.8, 4) is 11.5 Å². The number of nitrogens with one attached hydrogen (secondary N) is 1. The highest BCUT2D eigenvalue weighted by atomic mass is 35.5. The van der Waals surface area contributed by atoms with Crippen molar-refractivity contribution in [2.75, 3.05) is 19.1 Å². The second-order valence-electron chi connectivity index (χ2n) is 8.64. The van der Waals surface area contributed by atoms with Gasteiger partial charge in [-0.15, -0.1) is 0 Å². The minimum atomic E-state index is -0.768. The van der Waals surface area contributed by atoms with E-state index in [1.807, 2.05) is 6.07 Å². The van der Waals surface area contributed by atoms with Gasteiger partial charge < -0.3 is 14.5 Å². The third-order valence-corrected chi connectivity index (χ3v) is 6.70. The maximum absolute atomic E-state index is 15.1. The second kappa shape index (κ2) is 9.73. The van der Waals surface area contributed by atoms with E-state index < -0.39 is 11.6 Å². The van der Waals surface area contributed by atoms with Gasteiger partial charge in [-0.05, 0) is 48.9 Å². The van der Waals surface area contributed by atoms with Gasteiger partial charge in [0, 0.05) is 42.0 Å². The number of rotatable bonds is 5. The van der Waals surface area contributed by atoms with E-state index in [1.165, 1.54) is 26.5 Å². The van der Waals surface area contributed by atoms with Crippen molar-refractivity contribution in [1.29, 1.82) is 0 Å². The lowest BCUT2D eigenvalue weighted by molar-refractivity contribution is -0.118. The molecule has 7 nitrogen and oxygen atoms in total. The highest BCUT2D eigenvalue weighted by Gasteiger charge is 2.31. The Hall–Kier alpha value is -3.72. The molecule has 3 aromatic heterocycles. The zero-order chi connectivity index (χ0) is 25.4. The van der Waals surface area contributed by atoms with Crippen molar-refractivity contribution >= 4 is 40.0 Å². The van der Waals surface area contributed by atoms with Gasteiger partial charge in [0.15, 0.2) is 23.1 Å². The Morgan fingerprint density at radius 2 is 1.86 bits per heavy atom. The molecular formula is C26H23ClF2N4O3. The molecule has 1 N–H and O–H groups in total. The molecule has 1 aliphatic rings. The molecule has 1 unspecified atom stereocenters. The van der Waals surface area contributed by atoms with Crippen molar-refractivity contribution in [3.63, 3.8) is 0 Å². The first-order valence-electron chi connectivity index (χ1n) is 11.4. The number of amides is 1. The van der Waals surface area contributed by atoms with Gasteiger partial charge in [0.05, 0.1) is 24.9 Å². The smallest absolute Gasteiger partial charge is 0.232 e. The number of aromatic amines is 1. The van der Waals surface area contributed by atoms with Crippen LogP contribution in [-0.4, -0.2) is 35.1 Å². The number of aromatic nitrogens is 3. The molecule has 0 saturated carbocycles. The maximum Gasteiger partial charge on any atom is 0.232 e. The summed E-state index contributed by atoms with van der Waals surface area (Å²) in [6.07, 6.45) is 6.00. The monoisotopic (exact) mass is 512 g/mol. The fourth-order valence-corrected chi connectivity index (χ4v) is 4.86. The standard InChI is InChI=1S/C26H23ClF2N4O3/c1-35-19-11-20(36-2)24(29)18(23(19)28)10-14-3-6-22(34)33(21-5-4-16(27)13-31-21)25-15(9-14)12-32-26-17(25)7-8-30-26/h4-5,7-8,11-14H,3,6,9-10H2,1-2H3,(H,30,32). The minimum Gasteiger partial charge on any atom is -0.494 e. The molecule has 0 spiro atoms. The summed E-state index contributed by atoms with van der Waals surface area (Å²) in [5.41, 5.74) is 1.91. The van der Waals surface area contributed by atoms with Gasteiger partial charge in [0.25, 0.3) is 0 Å². The van der Waals surface area contributed by atoms with Gasteiger partial charge in [0.2, 0.25) is 5.91 Å². The van der Waals surface area contributed by atoms with Crippen LogP contribution < -0.4 is 14.4 Å². The minimum absolute atomic E-state index is 0.0579. The largest absolute Gasteiger partial charge is 0.494 e. The van der Waals surface area contributed by atoms with Crippen molar-refractivity contribution in [3.05, 3.63) is 70.6 Å². The first kappa shape index (κ1) is 24.0. The van der Waals surface area contributed by atoms with Crippen molar-refractivity contribution in [1.82, 2.24) is 15.0 Å². The van der Waals surface area contributed by atoms with Crippen LogP contribution in [0.5, 0.6) is 11.5 Å². The zero-order valence-corrected chi connectivity index (χ0v) is 20.4. The lowest BCUT2D eigenvalue weighted by atomic mass is 9.86. The van der Waals surface area contributed by atoms with Gasteiger partial charge >= 0.3 is 0 Å². The number of nitrogens with zero attached hydrogens (tertiary/aromatic N) is 3. The van der Waals surface area contributed by atoms with Crippen LogP contribution in [0.25, 0.3) is 11.0 Å². The summed E-state index contributed by atoms with van der Waals surface area (Å²) >= 11 is 6.03. The molecule has 5 rings (SSSR count). The number of ether oxygens (including phenoxy) is 2. The molecule has 1 aromatic carbocycles. The van der Waals surface area contributed by atoms with Crippen molar-refractivity contribution in [2.24, 2.45) is 5.92 Å². The predicted octanol–water partition coefficient (Wildman–Crippen LogP) is 5.77. The lowest BCUT2D eigenvalue weighted by Crippen LogP contribution is -2.31. The van der Waals surface area contributed by atoms with E-state index in [0.717, 1.165) is 10.9 Å². The van der Waals surface area contributed by atoms with Crippen LogP contribution in [-0.2, 0) is 17.6 Å². The van der Waals surface area contributed by atoms with Gasteiger partial charge in [0.1, 0.15) is 11.5 Å². The normalized spacial score (nSPS) is 16.0. The van der Waals surface area contributed by atoms with Crippen LogP contribution in [0.1, 0.15) is 24.0 Å². The van der Waals surface area contributed by atoms with Crippen LogP contribution >= 0.6 is 11.6 Å². The van der Waals surface area contributed by atoms with E-state index in [4.69, 9.17) is 21.1 Å². The van der Waals surface area contributed by atoms with Crippen LogP contribution in [0, 0.1) is 17.6 Å². The summed E-state index contributed by atoms with van der Waals surface area (Å²) in [6, 6.07) is 6.40. The number of H-pyrrole nitrogens is 1. The lowest BCUT2D eigenvalue weighted by Gasteiger charge is -2.30. The Labute approximate surface area is 211 Å². The van der Waals surface area contributed by atoms with Crippen LogP contribution in [0.3, 0.4) is 0 Å². The zero-order valence-electron chi connectivity index (χ0n) is 19.6. The summed E-state index contributed by atoms with van der Waals surface area (Å²) in [5, 5.41) is 1.21. The molecule has 0 radical (unpaired) electrons. The number of carbonyl (C=O) groups is 1. The topological polar surface area (TPSA) is 80.3 Å². The number of pyridine rings is 2. The molecule has 1 atom stereocenters. The number of anilines is 2. The van der Waals surface area contributed by atoms with Crippen LogP contribution in [0.15, 0.2) is 42.9 Å². The second-order valence-corrected chi connectivity index (χ2v) is 9.07. The Morgan fingerprint density at radius 3 is 2.53 bits per heavy atom. The molecule has 36 heavy (non-hydrogen) atoms. The van der Waals surface area contributed by atoms with E-state index in [1.54, 1.807) is 29.4 Å². The van der Waals surface area contributed by atoms with Crippen molar-refractivity contribution in [2.45, 2.75) is 25.7 Å². The first-order valence-corrected chi connectivity index (χ1v) is 11.8. The van der Waals surface area contributed by atoms with E-state index in [-0.39, 0.29) is 41.7 Å². The SMILES string of the molecule is COc1cc(OC)c(F)c(CC2CCC(=O)N(c3ccc(Cl)cn3)c3c(cnc4[nH]ccc34)C2)c1F. The van der Waals surface area contributed by atoms with E-state index >= 15 is 8.78 Å². The average Bonchev–Trinajstić information content (AvgIpc) is 3.35. The number of hydrogen-bond acceptors (Lipinski definition) is 5. The van der Waals surface area contributed by atoms with Crippen LogP contribution in [0.4, 0.5) is 20.3 Å². The Balaban J connectivity index is 1.60. The summed E-state index contributed by atoms with van der Waals surface area (Å²) in [6.45, 7) is 0. The fourth-order valence-electron chi connectivity index (χ4n) is 4.75. The molecule has 4 aromatic rings. The molecular weight excluding hydrogens is 490 g/mol. The molecule has 0 saturated heterocycles. The molecule has 186 valence electrons. The molecule has 1 amide bonds. The van der Waals surface area contributed by atoms with Crippen molar-refractivity contribution < 1.29 is 23.0 Å². The quantitative estimate of drug-likeness (QED) is 0.367. The number of benzene rings is 1. The molecule has 1 aliphatic heterocycles. The predicted molar refractivity (Wildman–Crippen MR) is 132 cm³/mol. The molecule has 10 heteroatoms. The van der Waals surface area contributed by atoms with Gasteiger partial charge in [-0.2, -0.15) is 0 Å². The third kappa shape index (κ3) is 4.24. The first-order chi connectivity index (χ1) is 17.4. The number of halogens is 3. The van der Waals surface area contributed by atoms with Gasteiger partial charge in [-0.1, -0.05) is 11.6 Å². The Morgan fingerprint density at radius 1 is 1.11 bits per heavy atom. The third-order valence-electron chi connectivity index (χ3n) is 6.48. The molecule has 0 aliphatic carbocycles. The molecule has 4 heterocycles. The van der Waals surface area contributed by atoms with E-state index in [2.05, 4.69) is 15.0 Å². The number of carbonyl (C=O) groups excluding carboxylic acids is 1. The Kier molecular flexibility index (Phi) is 6.49. The molecule has 0 bridgehead atoms. The summed E-state index contributed by atoms with van der Waals surface area (Å²) in [7, 11) is 2.63. The number of methoxy groups -OCH3 is 2. The number of fused-ring (bicyclic) bond motifs is 3. The fraction of sp³-hybridized carbons (Fsp3) is 0.269. The number of hydrogen-bond donors (Lipinski definition) is 1. The average molecular weight is 513 g/mol. The summed E-state index contributed by atoms with van der Waals surface area (Å²) in [4.78, 5) is 27.1. The highest BCUT2D eigenvalue weighted by Crippen LogP contribution is 2.40. The van der Waals surface area contributed by atoms with Gasteiger partial charge in [-0.3, -0.25) is 9.69 Å². The highest BCUT2D eigenvalue weighted by molar-refractivity contribution is 6.30.